The van der Waals surface area contributed by atoms with Crippen LogP contribution in [0.2, 0.25) is 0 Å². The van der Waals surface area contributed by atoms with Gasteiger partial charge in [-0.3, -0.25) is 4.68 Å². The minimum atomic E-state index is -1.03. The predicted octanol–water partition coefficient (Wildman–Crippen LogP) is 4.81. The number of fused-ring (bicyclic) bond motifs is 3. The van der Waals surface area contributed by atoms with Gasteiger partial charge in [0, 0.05) is 29.8 Å². The minimum absolute atomic E-state index is 0.168. The van der Waals surface area contributed by atoms with E-state index in [9.17, 15) is 20.0 Å². The van der Waals surface area contributed by atoms with E-state index in [-0.39, 0.29) is 5.69 Å². The SMILES string of the molecule is COc1cc2c(cc1-c1cccc(C#N)c1)-c1nn(CCCNC(=O)OC(C)(C)C)c(C(=O)O)c1CC2. The maximum absolute atomic E-state index is 12.2. The van der Waals surface area contributed by atoms with Crippen LogP contribution < -0.4 is 10.1 Å². The Morgan fingerprint density at radius 2 is 1.97 bits per heavy atom. The third-order valence-electron chi connectivity index (χ3n) is 6.10. The fraction of sp³-hybridized carbons (Fsp3) is 0.357. The number of carbonyl (C=O) groups is 2. The monoisotopic (exact) mass is 502 g/mol. The van der Waals surface area contributed by atoms with E-state index in [0.717, 1.165) is 22.3 Å². The minimum Gasteiger partial charge on any atom is -0.496 e. The number of carboxylic acids is 1. The molecule has 1 aliphatic carbocycles. The Hall–Kier alpha value is -4.32. The van der Waals surface area contributed by atoms with Gasteiger partial charge in [0.25, 0.3) is 0 Å². The van der Waals surface area contributed by atoms with Gasteiger partial charge in [-0.25, -0.2) is 9.59 Å². The van der Waals surface area contributed by atoms with Crippen molar-refractivity contribution in [3.63, 3.8) is 0 Å². The lowest BCUT2D eigenvalue weighted by molar-refractivity contribution is 0.0524. The van der Waals surface area contributed by atoms with Crippen LogP contribution in [-0.4, -0.2) is 46.2 Å². The third kappa shape index (κ3) is 5.59. The Morgan fingerprint density at radius 3 is 2.65 bits per heavy atom. The summed E-state index contributed by atoms with van der Waals surface area (Å²) in [7, 11) is 1.61. The Labute approximate surface area is 215 Å². The highest BCUT2D eigenvalue weighted by Gasteiger charge is 2.29. The second kappa shape index (κ2) is 10.3. The van der Waals surface area contributed by atoms with Crippen LogP contribution in [0.25, 0.3) is 22.4 Å². The predicted molar refractivity (Wildman–Crippen MR) is 138 cm³/mol. The van der Waals surface area contributed by atoms with Gasteiger partial charge in [-0.2, -0.15) is 10.4 Å². The number of benzene rings is 2. The van der Waals surface area contributed by atoms with Gasteiger partial charge < -0.3 is 19.9 Å². The van der Waals surface area contributed by atoms with Gasteiger partial charge in [-0.1, -0.05) is 12.1 Å². The highest BCUT2D eigenvalue weighted by Crippen LogP contribution is 2.41. The fourth-order valence-electron chi connectivity index (χ4n) is 4.55. The first kappa shape index (κ1) is 25.8. The molecule has 2 aromatic carbocycles. The van der Waals surface area contributed by atoms with Gasteiger partial charge in [0.2, 0.25) is 0 Å². The van der Waals surface area contributed by atoms with Crippen molar-refractivity contribution >= 4 is 12.1 Å². The Balaban J connectivity index is 1.65. The van der Waals surface area contributed by atoms with Crippen molar-refractivity contribution in [1.82, 2.24) is 15.1 Å². The lowest BCUT2D eigenvalue weighted by atomic mass is 9.86. The van der Waals surface area contributed by atoms with Gasteiger partial charge in [-0.05, 0) is 75.4 Å². The normalized spacial score (nSPS) is 12.2. The number of hydrogen-bond acceptors (Lipinski definition) is 6. The molecule has 2 N–H and O–H groups in total. The van der Waals surface area contributed by atoms with E-state index < -0.39 is 17.7 Å². The van der Waals surface area contributed by atoms with Gasteiger partial charge in [0.15, 0.2) is 0 Å². The first-order valence-electron chi connectivity index (χ1n) is 12.1. The molecule has 0 saturated heterocycles. The number of hydrogen-bond donors (Lipinski definition) is 2. The number of ether oxygens (including phenoxy) is 2. The van der Waals surface area contributed by atoms with Crippen LogP contribution in [-0.2, 0) is 24.1 Å². The number of aromatic carboxylic acids is 1. The standard InChI is InChI=1S/C28H30N4O5/c1-28(2,3)37-27(35)30-11-6-12-32-25(26(33)34)20-10-9-19-14-23(36-4)21(15-22(19)24(20)31-32)18-8-5-7-17(13-18)16-29/h5,7-8,13-15H,6,9-12H2,1-4H3,(H,30,35)(H,33,34). The molecule has 0 unspecified atom stereocenters. The molecular weight excluding hydrogens is 472 g/mol. The van der Waals surface area contributed by atoms with Crippen molar-refractivity contribution in [3.05, 3.63) is 58.8 Å². The second-order valence-corrected chi connectivity index (χ2v) is 9.89. The van der Waals surface area contributed by atoms with E-state index in [1.165, 1.54) is 4.68 Å². The molecule has 1 amide bonds. The highest BCUT2D eigenvalue weighted by molar-refractivity contribution is 5.92. The van der Waals surface area contributed by atoms with E-state index in [1.54, 1.807) is 40.0 Å². The summed E-state index contributed by atoms with van der Waals surface area (Å²) in [4.78, 5) is 24.1. The summed E-state index contributed by atoms with van der Waals surface area (Å²) in [6.07, 6.45) is 1.18. The summed E-state index contributed by atoms with van der Waals surface area (Å²) >= 11 is 0. The largest absolute Gasteiger partial charge is 0.496 e. The first-order chi connectivity index (χ1) is 17.6. The van der Waals surface area contributed by atoms with Crippen molar-refractivity contribution < 1.29 is 24.2 Å². The average molecular weight is 503 g/mol. The number of methoxy groups -OCH3 is 1. The summed E-state index contributed by atoms with van der Waals surface area (Å²) in [5.74, 6) is -0.351. The smallest absolute Gasteiger partial charge is 0.407 e. The van der Waals surface area contributed by atoms with Crippen molar-refractivity contribution in [1.29, 1.82) is 5.26 Å². The van der Waals surface area contributed by atoms with Crippen LogP contribution in [0.5, 0.6) is 5.75 Å². The van der Waals surface area contributed by atoms with Crippen molar-refractivity contribution in [2.75, 3.05) is 13.7 Å². The lowest BCUT2D eigenvalue weighted by Gasteiger charge is -2.19. The summed E-state index contributed by atoms with van der Waals surface area (Å²) in [6, 6.07) is 13.4. The zero-order valence-electron chi connectivity index (χ0n) is 21.4. The highest BCUT2D eigenvalue weighted by atomic mass is 16.6. The Kier molecular flexibility index (Phi) is 7.21. The maximum atomic E-state index is 12.2. The molecular formula is C28H30N4O5. The first-order valence-corrected chi connectivity index (χ1v) is 12.1. The van der Waals surface area contributed by atoms with E-state index in [1.807, 2.05) is 24.3 Å². The molecule has 1 aliphatic rings. The number of nitriles is 1. The molecule has 0 saturated carbocycles. The van der Waals surface area contributed by atoms with Gasteiger partial charge >= 0.3 is 12.1 Å². The lowest BCUT2D eigenvalue weighted by Crippen LogP contribution is -2.33. The van der Waals surface area contributed by atoms with E-state index in [4.69, 9.17) is 14.6 Å². The number of carbonyl (C=O) groups excluding carboxylic acids is 1. The molecule has 4 rings (SSSR count). The molecule has 9 heteroatoms. The van der Waals surface area contributed by atoms with Crippen LogP contribution in [0.4, 0.5) is 4.79 Å². The molecule has 0 bridgehead atoms. The zero-order chi connectivity index (χ0) is 26.7. The van der Waals surface area contributed by atoms with Crippen LogP contribution >= 0.6 is 0 Å². The molecule has 1 aromatic heterocycles. The van der Waals surface area contributed by atoms with E-state index in [0.29, 0.717) is 54.9 Å². The molecule has 37 heavy (non-hydrogen) atoms. The fourth-order valence-corrected chi connectivity index (χ4v) is 4.55. The number of nitrogens with one attached hydrogen (secondary N) is 1. The third-order valence-corrected chi connectivity index (χ3v) is 6.10. The van der Waals surface area contributed by atoms with Gasteiger partial charge in [0.1, 0.15) is 17.0 Å². The van der Waals surface area contributed by atoms with Gasteiger partial charge in [-0.15, -0.1) is 0 Å². The summed E-state index contributed by atoms with van der Waals surface area (Å²) in [6.45, 7) is 6.02. The Morgan fingerprint density at radius 1 is 1.19 bits per heavy atom. The number of alkyl carbamates (subject to hydrolysis) is 1. The zero-order valence-corrected chi connectivity index (χ0v) is 21.4. The number of aryl methyl sites for hydroxylation is 2. The molecule has 0 aliphatic heterocycles. The van der Waals surface area contributed by atoms with Gasteiger partial charge in [0.05, 0.1) is 24.4 Å². The average Bonchev–Trinajstić information content (AvgIpc) is 3.23. The topological polar surface area (TPSA) is 126 Å². The number of nitrogens with zero attached hydrogens (tertiary/aromatic N) is 3. The molecule has 192 valence electrons. The van der Waals surface area contributed by atoms with Crippen molar-refractivity contribution in [3.8, 4) is 34.2 Å². The molecule has 1 heterocycles. The maximum Gasteiger partial charge on any atom is 0.407 e. The van der Waals surface area contributed by atoms with Crippen LogP contribution in [0.15, 0.2) is 36.4 Å². The second-order valence-electron chi connectivity index (χ2n) is 9.89. The number of aromatic nitrogens is 2. The van der Waals surface area contributed by atoms with E-state index in [2.05, 4.69) is 11.4 Å². The van der Waals surface area contributed by atoms with E-state index >= 15 is 0 Å². The Bertz CT molecular complexity index is 1390. The molecule has 0 radical (unpaired) electrons. The molecule has 0 spiro atoms. The number of carboxylic acid groups (broad SMARTS) is 1. The van der Waals surface area contributed by atoms with Crippen LogP contribution in [0.3, 0.4) is 0 Å². The summed E-state index contributed by atoms with van der Waals surface area (Å²) in [5.41, 5.74) is 4.96. The molecule has 3 aromatic rings. The molecule has 9 nitrogen and oxygen atoms in total. The number of rotatable bonds is 7. The molecule has 0 atom stereocenters. The molecule has 0 fully saturated rings. The summed E-state index contributed by atoms with van der Waals surface area (Å²) in [5, 5.41) is 26.7. The van der Waals surface area contributed by atoms with Crippen molar-refractivity contribution in [2.24, 2.45) is 0 Å². The summed E-state index contributed by atoms with van der Waals surface area (Å²) < 4.78 is 12.4. The quantitative estimate of drug-likeness (QED) is 0.444. The van der Waals surface area contributed by atoms with Crippen LogP contribution in [0.1, 0.15) is 54.4 Å². The van der Waals surface area contributed by atoms with Crippen molar-refractivity contribution in [2.45, 2.75) is 52.2 Å². The van der Waals surface area contributed by atoms with Crippen LogP contribution in [0, 0.1) is 11.3 Å². The number of amides is 1.